The van der Waals surface area contributed by atoms with E-state index in [4.69, 9.17) is 5.11 Å². The summed E-state index contributed by atoms with van der Waals surface area (Å²) in [5.74, 6) is -1.33. The molecule has 104 valence electrons. The van der Waals surface area contributed by atoms with Crippen LogP contribution in [-0.4, -0.2) is 30.2 Å². The molecule has 0 radical (unpaired) electrons. The van der Waals surface area contributed by atoms with E-state index >= 15 is 0 Å². The smallest absolute Gasteiger partial charge is 0.314 e. The molecule has 5 nitrogen and oxygen atoms in total. The third-order valence-corrected chi connectivity index (χ3v) is 3.83. The quantitative estimate of drug-likeness (QED) is 0.621. The van der Waals surface area contributed by atoms with Crippen LogP contribution < -0.4 is 10.6 Å². The third-order valence-electron chi connectivity index (χ3n) is 3.83. The number of nitrogens with one attached hydrogen (secondary N) is 2. The van der Waals surface area contributed by atoms with Crippen molar-refractivity contribution in [2.75, 3.05) is 13.1 Å². The number of urea groups is 1. The van der Waals surface area contributed by atoms with Crippen LogP contribution in [0.3, 0.4) is 0 Å². The van der Waals surface area contributed by atoms with Crippen LogP contribution in [0, 0.1) is 11.3 Å². The van der Waals surface area contributed by atoms with Crippen LogP contribution in [0.2, 0.25) is 0 Å². The molecule has 5 heteroatoms. The molecule has 18 heavy (non-hydrogen) atoms. The van der Waals surface area contributed by atoms with E-state index in [-0.39, 0.29) is 12.6 Å². The molecule has 1 aliphatic rings. The second-order valence-electron chi connectivity index (χ2n) is 5.24. The average Bonchev–Trinajstić information content (AvgIpc) is 3.12. The van der Waals surface area contributed by atoms with Gasteiger partial charge in [-0.3, -0.25) is 4.79 Å². The highest BCUT2D eigenvalue weighted by atomic mass is 16.4. The Balaban J connectivity index is 2.21. The first-order valence-corrected chi connectivity index (χ1v) is 6.77. The van der Waals surface area contributed by atoms with Crippen molar-refractivity contribution in [3.8, 4) is 0 Å². The average molecular weight is 256 g/mol. The Bertz CT molecular complexity index is 301. The zero-order chi connectivity index (χ0) is 13.6. The standard InChI is InChI=1S/C13H24N2O3/c1-3-5-10(11(16)17)8-14-12(18)15-9-13(4-2)6-7-13/h10H,3-9H2,1-2H3,(H,16,17)(H2,14,15,18). The van der Waals surface area contributed by atoms with Crippen LogP contribution in [0.4, 0.5) is 4.79 Å². The molecule has 0 spiro atoms. The molecule has 1 fully saturated rings. The van der Waals surface area contributed by atoms with Crippen molar-refractivity contribution >= 4 is 12.0 Å². The highest BCUT2D eigenvalue weighted by Gasteiger charge is 2.40. The van der Waals surface area contributed by atoms with Crippen LogP contribution in [0.5, 0.6) is 0 Å². The van der Waals surface area contributed by atoms with E-state index < -0.39 is 11.9 Å². The molecule has 1 rings (SSSR count). The minimum Gasteiger partial charge on any atom is -0.481 e. The largest absolute Gasteiger partial charge is 0.481 e. The van der Waals surface area contributed by atoms with Gasteiger partial charge in [-0.2, -0.15) is 0 Å². The minimum absolute atomic E-state index is 0.203. The van der Waals surface area contributed by atoms with Crippen LogP contribution >= 0.6 is 0 Å². The van der Waals surface area contributed by atoms with Gasteiger partial charge in [0.15, 0.2) is 0 Å². The number of hydrogen-bond acceptors (Lipinski definition) is 2. The Morgan fingerprint density at radius 1 is 1.28 bits per heavy atom. The van der Waals surface area contributed by atoms with Crippen molar-refractivity contribution < 1.29 is 14.7 Å². The lowest BCUT2D eigenvalue weighted by molar-refractivity contribution is -0.141. The molecule has 0 aromatic heterocycles. The molecule has 1 saturated carbocycles. The van der Waals surface area contributed by atoms with E-state index in [9.17, 15) is 9.59 Å². The number of aliphatic carboxylic acids is 1. The second kappa shape index (κ2) is 6.61. The SMILES string of the molecule is CCCC(CNC(=O)NCC1(CC)CC1)C(=O)O. The molecule has 1 aliphatic carbocycles. The van der Waals surface area contributed by atoms with Gasteiger partial charge in [-0.25, -0.2) is 4.79 Å². The monoisotopic (exact) mass is 256 g/mol. The van der Waals surface area contributed by atoms with Crippen LogP contribution in [-0.2, 0) is 4.79 Å². The topological polar surface area (TPSA) is 78.4 Å². The number of carboxylic acids is 1. The molecule has 3 N–H and O–H groups in total. The van der Waals surface area contributed by atoms with Gasteiger partial charge in [0, 0.05) is 13.1 Å². The summed E-state index contributed by atoms with van der Waals surface area (Å²) in [7, 11) is 0. The van der Waals surface area contributed by atoms with Crippen LogP contribution in [0.25, 0.3) is 0 Å². The van der Waals surface area contributed by atoms with Crippen molar-refractivity contribution in [3.05, 3.63) is 0 Å². The van der Waals surface area contributed by atoms with Gasteiger partial charge in [0.1, 0.15) is 0 Å². The van der Waals surface area contributed by atoms with Gasteiger partial charge < -0.3 is 15.7 Å². The highest BCUT2D eigenvalue weighted by Crippen LogP contribution is 2.47. The maximum atomic E-state index is 11.5. The summed E-state index contributed by atoms with van der Waals surface area (Å²) in [5.41, 5.74) is 0.312. The Kier molecular flexibility index (Phi) is 5.44. The summed E-state index contributed by atoms with van der Waals surface area (Å²) in [5, 5.41) is 14.4. The predicted octanol–water partition coefficient (Wildman–Crippen LogP) is 1.98. The molecule has 0 bridgehead atoms. The van der Waals surface area contributed by atoms with E-state index in [2.05, 4.69) is 17.6 Å². The molecule has 0 aromatic carbocycles. The zero-order valence-corrected chi connectivity index (χ0v) is 11.3. The molecular formula is C13H24N2O3. The van der Waals surface area contributed by atoms with Crippen molar-refractivity contribution in [3.63, 3.8) is 0 Å². The summed E-state index contributed by atoms with van der Waals surface area (Å²) in [6, 6.07) is -0.253. The van der Waals surface area contributed by atoms with Gasteiger partial charge in [0.25, 0.3) is 0 Å². The summed E-state index contributed by atoms with van der Waals surface area (Å²) in [4.78, 5) is 22.5. The highest BCUT2D eigenvalue weighted by molar-refractivity contribution is 5.75. The Hall–Kier alpha value is -1.26. The maximum Gasteiger partial charge on any atom is 0.314 e. The van der Waals surface area contributed by atoms with Gasteiger partial charge in [-0.1, -0.05) is 20.3 Å². The van der Waals surface area contributed by atoms with E-state index in [1.54, 1.807) is 0 Å². The lowest BCUT2D eigenvalue weighted by Crippen LogP contribution is -2.42. The van der Waals surface area contributed by atoms with Gasteiger partial charge in [-0.15, -0.1) is 0 Å². The number of amides is 2. The molecule has 0 saturated heterocycles. The second-order valence-corrected chi connectivity index (χ2v) is 5.24. The summed E-state index contributed by atoms with van der Waals surface area (Å²) in [6.07, 6.45) is 4.84. The number of hydrogen-bond donors (Lipinski definition) is 3. The van der Waals surface area contributed by atoms with Gasteiger partial charge in [-0.05, 0) is 31.1 Å². The molecule has 1 unspecified atom stereocenters. The first kappa shape index (κ1) is 14.8. The Labute approximate surface area is 108 Å². The fraction of sp³-hybridized carbons (Fsp3) is 0.846. The number of carbonyl (C=O) groups is 2. The Morgan fingerprint density at radius 3 is 2.39 bits per heavy atom. The molecule has 0 heterocycles. The van der Waals surface area contributed by atoms with Crippen molar-refractivity contribution in [1.82, 2.24) is 10.6 Å². The van der Waals surface area contributed by atoms with E-state index in [1.807, 2.05) is 6.92 Å². The number of carboxylic acid groups (broad SMARTS) is 1. The third kappa shape index (κ3) is 4.55. The number of rotatable bonds is 8. The minimum atomic E-state index is -0.843. The fourth-order valence-corrected chi connectivity index (χ4v) is 2.04. The molecular weight excluding hydrogens is 232 g/mol. The molecule has 2 amide bonds. The molecule has 1 atom stereocenters. The van der Waals surface area contributed by atoms with Crippen molar-refractivity contribution in [1.29, 1.82) is 0 Å². The first-order valence-electron chi connectivity index (χ1n) is 6.77. The normalized spacial score (nSPS) is 17.9. The number of carbonyl (C=O) groups excluding carboxylic acids is 1. The summed E-state index contributed by atoms with van der Waals surface area (Å²) >= 11 is 0. The van der Waals surface area contributed by atoms with Crippen LogP contribution in [0.15, 0.2) is 0 Å². The first-order chi connectivity index (χ1) is 8.53. The van der Waals surface area contributed by atoms with E-state index in [0.29, 0.717) is 18.4 Å². The molecule has 0 aliphatic heterocycles. The fourth-order valence-electron chi connectivity index (χ4n) is 2.04. The van der Waals surface area contributed by atoms with Gasteiger partial charge >= 0.3 is 12.0 Å². The van der Waals surface area contributed by atoms with Crippen molar-refractivity contribution in [2.24, 2.45) is 11.3 Å². The van der Waals surface area contributed by atoms with Crippen LogP contribution in [0.1, 0.15) is 46.0 Å². The zero-order valence-electron chi connectivity index (χ0n) is 11.3. The molecule has 0 aromatic rings. The predicted molar refractivity (Wildman–Crippen MR) is 69.4 cm³/mol. The maximum absolute atomic E-state index is 11.5. The van der Waals surface area contributed by atoms with E-state index in [0.717, 1.165) is 12.8 Å². The lowest BCUT2D eigenvalue weighted by Gasteiger charge is -2.16. The van der Waals surface area contributed by atoms with E-state index in [1.165, 1.54) is 12.8 Å². The summed E-state index contributed by atoms with van der Waals surface area (Å²) in [6.45, 7) is 4.97. The van der Waals surface area contributed by atoms with Gasteiger partial charge in [0.2, 0.25) is 0 Å². The Morgan fingerprint density at radius 2 is 1.94 bits per heavy atom. The van der Waals surface area contributed by atoms with Crippen molar-refractivity contribution in [2.45, 2.75) is 46.0 Å². The summed E-state index contributed by atoms with van der Waals surface area (Å²) < 4.78 is 0. The van der Waals surface area contributed by atoms with Gasteiger partial charge in [0.05, 0.1) is 5.92 Å². The lowest BCUT2D eigenvalue weighted by atomic mass is 10.0.